The fourth-order valence-corrected chi connectivity index (χ4v) is 4.26. The van der Waals surface area contributed by atoms with Crippen LogP contribution in [0.2, 0.25) is 0 Å². The van der Waals surface area contributed by atoms with Crippen LogP contribution in [0.4, 0.5) is 5.69 Å². The first-order valence-corrected chi connectivity index (χ1v) is 11.7. The molecule has 160 valence electrons. The Hall–Kier alpha value is -3.24. The SMILES string of the molecule is CCOC(=O)c1ccc(NC(=O)CSc2ccc(S(=O)(=O)c3ccccc3)nn2)cc1. The van der Waals surface area contributed by atoms with E-state index in [0.717, 1.165) is 11.8 Å². The lowest BCUT2D eigenvalue weighted by molar-refractivity contribution is -0.113. The second kappa shape index (κ2) is 10.2. The van der Waals surface area contributed by atoms with Crippen LogP contribution in [0.3, 0.4) is 0 Å². The highest BCUT2D eigenvalue weighted by molar-refractivity contribution is 7.99. The van der Waals surface area contributed by atoms with Gasteiger partial charge in [0.15, 0.2) is 5.03 Å². The van der Waals surface area contributed by atoms with Crippen LogP contribution in [0.25, 0.3) is 0 Å². The maximum absolute atomic E-state index is 12.5. The minimum Gasteiger partial charge on any atom is -0.462 e. The van der Waals surface area contributed by atoms with E-state index in [1.807, 2.05) is 0 Å². The summed E-state index contributed by atoms with van der Waals surface area (Å²) in [6.07, 6.45) is 0. The Labute approximate surface area is 184 Å². The van der Waals surface area contributed by atoms with Gasteiger partial charge in [-0.1, -0.05) is 30.0 Å². The number of carbonyl (C=O) groups excluding carboxylic acids is 2. The predicted molar refractivity (Wildman–Crippen MR) is 116 cm³/mol. The number of hydrogen-bond donors (Lipinski definition) is 1. The number of aromatic nitrogens is 2. The standard InChI is InChI=1S/C21H19N3O5S2/c1-2-29-21(26)15-8-10-16(11-9-15)22-18(25)14-30-19-12-13-20(24-23-19)31(27,28)17-6-4-3-5-7-17/h3-13H,2,14H2,1H3,(H,22,25). The van der Waals surface area contributed by atoms with Crippen molar-refractivity contribution in [2.45, 2.75) is 21.9 Å². The number of esters is 1. The average molecular weight is 458 g/mol. The molecule has 0 bridgehead atoms. The number of amides is 1. The largest absolute Gasteiger partial charge is 0.462 e. The molecule has 1 amide bonds. The van der Waals surface area contributed by atoms with Gasteiger partial charge in [0, 0.05) is 5.69 Å². The van der Waals surface area contributed by atoms with Crippen molar-refractivity contribution in [2.24, 2.45) is 0 Å². The van der Waals surface area contributed by atoms with Crippen molar-refractivity contribution in [3.05, 3.63) is 72.3 Å². The van der Waals surface area contributed by atoms with Gasteiger partial charge in [-0.2, -0.15) is 0 Å². The lowest BCUT2D eigenvalue weighted by Gasteiger charge is -2.07. The first-order valence-electron chi connectivity index (χ1n) is 9.24. The number of anilines is 1. The lowest BCUT2D eigenvalue weighted by Crippen LogP contribution is -2.14. The summed E-state index contributed by atoms with van der Waals surface area (Å²) in [5, 5.41) is 10.7. The third-order valence-electron chi connectivity index (χ3n) is 3.98. The van der Waals surface area contributed by atoms with Crippen LogP contribution in [0.15, 0.2) is 81.7 Å². The summed E-state index contributed by atoms with van der Waals surface area (Å²) < 4.78 is 29.9. The van der Waals surface area contributed by atoms with Gasteiger partial charge in [-0.15, -0.1) is 10.2 Å². The van der Waals surface area contributed by atoms with Gasteiger partial charge in [-0.05, 0) is 55.5 Å². The third-order valence-corrected chi connectivity index (χ3v) is 6.56. The highest BCUT2D eigenvalue weighted by atomic mass is 32.2. The molecule has 8 nitrogen and oxygen atoms in total. The minimum atomic E-state index is -3.74. The fourth-order valence-electron chi connectivity index (χ4n) is 2.49. The van der Waals surface area contributed by atoms with Crippen molar-refractivity contribution in [1.29, 1.82) is 0 Å². The van der Waals surface area contributed by atoms with Crippen molar-refractivity contribution in [3.8, 4) is 0 Å². The van der Waals surface area contributed by atoms with Gasteiger partial charge < -0.3 is 10.1 Å². The van der Waals surface area contributed by atoms with Crippen LogP contribution in [-0.2, 0) is 19.4 Å². The highest BCUT2D eigenvalue weighted by Gasteiger charge is 2.19. The number of carbonyl (C=O) groups is 2. The molecule has 1 aromatic heterocycles. The van der Waals surface area contributed by atoms with E-state index in [1.165, 1.54) is 24.3 Å². The van der Waals surface area contributed by atoms with Gasteiger partial charge in [0.1, 0.15) is 5.03 Å². The summed E-state index contributed by atoms with van der Waals surface area (Å²) in [4.78, 5) is 23.9. The van der Waals surface area contributed by atoms with Gasteiger partial charge in [0.25, 0.3) is 0 Å². The molecule has 0 unspecified atom stereocenters. The number of nitrogens with one attached hydrogen (secondary N) is 1. The van der Waals surface area contributed by atoms with Crippen LogP contribution in [0.1, 0.15) is 17.3 Å². The molecule has 0 fully saturated rings. The number of rotatable bonds is 8. The molecule has 31 heavy (non-hydrogen) atoms. The molecule has 0 atom stereocenters. The van der Waals surface area contributed by atoms with Crippen LogP contribution >= 0.6 is 11.8 Å². The number of benzene rings is 2. The van der Waals surface area contributed by atoms with E-state index in [0.29, 0.717) is 16.3 Å². The molecule has 0 radical (unpaired) electrons. The Kier molecular flexibility index (Phi) is 7.37. The predicted octanol–water partition coefficient (Wildman–Crippen LogP) is 3.22. The molecule has 10 heteroatoms. The van der Waals surface area contributed by atoms with Crippen LogP contribution in [0, 0.1) is 0 Å². The zero-order valence-electron chi connectivity index (χ0n) is 16.5. The molecule has 1 N–H and O–H groups in total. The zero-order chi connectivity index (χ0) is 22.3. The molecule has 3 rings (SSSR count). The molecule has 2 aromatic carbocycles. The van der Waals surface area contributed by atoms with Gasteiger partial charge in [0.2, 0.25) is 15.7 Å². The maximum atomic E-state index is 12.5. The van der Waals surface area contributed by atoms with E-state index in [2.05, 4.69) is 15.5 Å². The topological polar surface area (TPSA) is 115 Å². The van der Waals surface area contributed by atoms with Crippen LogP contribution in [-0.4, -0.2) is 42.9 Å². The van der Waals surface area contributed by atoms with E-state index in [-0.39, 0.29) is 28.2 Å². The molecule has 0 saturated heterocycles. The van der Waals surface area contributed by atoms with E-state index in [1.54, 1.807) is 49.4 Å². The van der Waals surface area contributed by atoms with Gasteiger partial charge in [-0.3, -0.25) is 4.79 Å². The van der Waals surface area contributed by atoms with E-state index in [9.17, 15) is 18.0 Å². The Balaban J connectivity index is 1.55. The second-order valence-electron chi connectivity index (χ2n) is 6.16. The van der Waals surface area contributed by atoms with Crippen LogP contribution in [0.5, 0.6) is 0 Å². The monoisotopic (exact) mass is 457 g/mol. The van der Waals surface area contributed by atoms with E-state index >= 15 is 0 Å². The van der Waals surface area contributed by atoms with Crippen molar-refractivity contribution < 1.29 is 22.7 Å². The number of sulfone groups is 1. The van der Waals surface area contributed by atoms with Crippen molar-refractivity contribution in [1.82, 2.24) is 10.2 Å². The highest BCUT2D eigenvalue weighted by Crippen LogP contribution is 2.21. The maximum Gasteiger partial charge on any atom is 0.338 e. The number of hydrogen-bond acceptors (Lipinski definition) is 8. The third kappa shape index (κ3) is 5.89. The Morgan fingerprint density at radius 2 is 1.68 bits per heavy atom. The molecule has 0 saturated carbocycles. The first kappa shape index (κ1) is 22.4. The summed E-state index contributed by atoms with van der Waals surface area (Å²) in [5.74, 6) is -0.650. The van der Waals surface area contributed by atoms with Crippen LogP contribution < -0.4 is 5.32 Å². The van der Waals surface area contributed by atoms with E-state index < -0.39 is 15.8 Å². The Bertz CT molecular complexity index is 1150. The molecule has 0 aliphatic carbocycles. The summed E-state index contributed by atoms with van der Waals surface area (Å²) in [5.41, 5.74) is 0.934. The number of ether oxygens (including phenoxy) is 1. The lowest BCUT2D eigenvalue weighted by atomic mass is 10.2. The molecule has 3 aromatic rings. The van der Waals surface area contributed by atoms with Crippen molar-refractivity contribution in [3.63, 3.8) is 0 Å². The second-order valence-corrected chi connectivity index (χ2v) is 9.05. The molecule has 0 aliphatic rings. The summed E-state index contributed by atoms with van der Waals surface area (Å²) in [6.45, 7) is 2.01. The normalized spacial score (nSPS) is 11.0. The minimum absolute atomic E-state index is 0.0547. The average Bonchev–Trinajstić information content (AvgIpc) is 2.79. The number of nitrogens with zero attached hydrogens (tertiary/aromatic N) is 2. The molecule has 1 heterocycles. The smallest absolute Gasteiger partial charge is 0.338 e. The van der Waals surface area contributed by atoms with E-state index in [4.69, 9.17) is 4.74 Å². The fraction of sp³-hybridized carbons (Fsp3) is 0.143. The zero-order valence-corrected chi connectivity index (χ0v) is 18.2. The first-order chi connectivity index (χ1) is 14.9. The van der Waals surface area contributed by atoms with Crippen molar-refractivity contribution in [2.75, 3.05) is 17.7 Å². The van der Waals surface area contributed by atoms with Crippen molar-refractivity contribution >= 4 is 39.2 Å². The molecular formula is C21H19N3O5S2. The summed E-state index contributed by atoms with van der Waals surface area (Å²) >= 11 is 1.12. The molecular weight excluding hydrogens is 438 g/mol. The van der Waals surface area contributed by atoms with Gasteiger partial charge in [0.05, 0.1) is 22.8 Å². The summed E-state index contributed by atoms with van der Waals surface area (Å²) in [7, 11) is -3.74. The number of thioether (sulfide) groups is 1. The Morgan fingerprint density at radius 1 is 0.968 bits per heavy atom. The molecule has 0 aliphatic heterocycles. The quantitative estimate of drug-likeness (QED) is 0.405. The Morgan fingerprint density at radius 3 is 2.29 bits per heavy atom. The van der Waals surface area contributed by atoms with Gasteiger partial charge >= 0.3 is 5.97 Å². The van der Waals surface area contributed by atoms with Gasteiger partial charge in [-0.25, -0.2) is 13.2 Å². The summed E-state index contributed by atoms with van der Waals surface area (Å²) in [6, 6.07) is 17.2. The molecule has 0 spiro atoms.